The average Bonchev–Trinajstić information content (AvgIpc) is 2.48. The minimum absolute atomic E-state index is 0.441. The van der Waals surface area contributed by atoms with Crippen molar-refractivity contribution in [3.05, 3.63) is 41.7 Å². The van der Waals surface area contributed by atoms with Crippen LogP contribution in [-0.2, 0) is 6.42 Å². The van der Waals surface area contributed by atoms with Gasteiger partial charge in [-0.1, -0.05) is 13.8 Å². The van der Waals surface area contributed by atoms with Gasteiger partial charge in [0.15, 0.2) is 11.6 Å². The first-order valence-corrected chi connectivity index (χ1v) is 6.96. The van der Waals surface area contributed by atoms with E-state index in [0.717, 1.165) is 25.1 Å². The lowest BCUT2D eigenvalue weighted by Crippen LogP contribution is -2.07. The summed E-state index contributed by atoms with van der Waals surface area (Å²) in [6, 6.07) is 5.39. The van der Waals surface area contributed by atoms with Crippen LogP contribution in [0, 0.1) is 11.6 Å². The number of aromatic nitrogens is 2. The van der Waals surface area contributed by atoms with Gasteiger partial charge in [-0.3, -0.25) is 0 Å². The summed E-state index contributed by atoms with van der Waals surface area (Å²) in [4.78, 5) is 8.70. The standard InChI is InChI=1S/C15H18F2N4/c1-3-7-18-14-9-15(21-13(4-2)20-14)19-10-5-6-11(16)12(17)8-10/h5-6,8-9H,3-4,7H2,1-2H3,(H2,18,19,20,21). The van der Waals surface area contributed by atoms with E-state index in [2.05, 4.69) is 27.5 Å². The Morgan fingerprint density at radius 2 is 1.76 bits per heavy atom. The molecular weight excluding hydrogens is 274 g/mol. The molecule has 0 atom stereocenters. The number of halogens is 2. The maximum absolute atomic E-state index is 13.2. The molecule has 2 rings (SSSR count). The van der Waals surface area contributed by atoms with Gasteiger partial charge in [-0.05, 0) is 18.6 Å². The van der Waals surface area contributed by atoms with Crippen LogP contribution in [0.3, 0.4) is 0 Å². The van der Waals surface area contributed by atoms with Gasteiger partial charge in [0.25, 0.3) is 0 Å². The number of nitrogens with one attached hydrogen (secondary N) is 2. The summed E-state index contributed by atoms with van der Waals surface area (Å²) >= 11 is 0. The third kappa shape index (κ3) is 4.11. The Morgan fingerprint density at radius 3 is 2.43 bits per heavy atom. The molecule has 0 aliphatic rings. The van der Waals surface area contributed by atoms with Gasteiger partial charge in [-0.2, -0.15) is 0 Å². The molecule has 0 fully saturated rings. The van der Waals surface area contributed by atoms with Crippen molar-refractivity contribution < 1.29 is 8.78 Å². The van der Waals surface area contributed by atoms with Crippen molar-refractivity contribution in [2.24, 2.45) is 0 Å². The number of rotatable bonds is 6. The summed E-state index contributed by atoms with van der Waals surface area (Å²) in [5.41, 5.74) is 0.441. The highest BCUT2D eigenvalue weighted by Gasteiger charge is 2.06. The van der Waals surface area contributed by atoms with Crippen LogP contribution in [0.2, 0.25) is 0 Å². The predicted molar refractivity (Wildman–Crippen MR) is 79.8 cm³/mol. The molecule has 6 heteroatoms. The van der Waals surface area contributed by atoms with Gasteiger partial charge >= 0.3 is 0 Å². The van der Waals surface area contributed by atoms with Crippen molar-refractivity contribution in [2.75, 3.05) is 17.2 Å². The number of anilines is 3. The topological polar surface area (TPSA) is 49.8 Å². The number of aryl methyl sites for hydroxylation is 1. The molecule has 0 aliphatic heterocycles. The van der Waals surface area contributed by atoms with Gasteiger partial charge in [0.1, 0.15) is 17.5 Å². The van der Waals surface area contributed by atoms with Gasteiger partial charge in [-0.25, -0.2) is 18.7 Å². The van der Waals surface area contributed by atoms with Crippen LogP contribution in [-0.4, -0.2) is 16.5 Å². The molecule has 112 valence electrons. The Labute approximate surface area is 122 Å². The zero-order valence-electron chi connectivity index (χ0n) is 12.1. The molecule has 21 heavy (non-hydrogen) atoms. The second kappa shape index (κ2) is 6.97. The van der Waals surface area contributed by atoms with E-state index in [9.17, 15) is 8.78 Å². The van der Waals surface area contributed by atoms with Crippen LogP contribution < -0.4 is 10.6 Å². The molecule has 4 nitrogen and oxygen atoms in total. The fourth-order valence-corrected chi connectivity index (χ4v) is 1.78. The zero-order chi connectivity index (χ0) is 15.2. The number of nitrogens with zero attached hydrogens (tertiary/aromatic N) is 2. The Hall–Kier alpha value is -2.24. The molecule has 1 heterocycles. The SMILES string of the molecule is CCCNc1cc(Nc2ccc(F)c(F)c2)nc(CC)n1. The maximum Gasteiger partial charge on any atom is 0.160 e. The molecule has 0 aliphatic carbocycles. The molecule has 1 aromatic heterocycles. The van der Waals surface area contributed by atoms with E-state index in [1.54, 1.807) is 6.07 Å². The van der Waals surface area contributed by atoms with Crippen molar-refractivity contribution in [2.45, 2.75) is 26.7 Å². The molecule has 2 N–H and O–H groups in total. The van der Waals surface area contributed by atoms with E-state index in [0.29, 0.717) is 29.6 Å². The highest BCUT2D eigenvalue weighted by molar-refractivity contribution is 5.59. The maximum atomic E-state index is 13.2. The van der Waals surface area contributed by atoms with E-state index < -0.39 is 11.6 Å². The fraction of sp³-hybridized carbons (Fsp3) is 0.333. The molecule has 0 spiro atoms. The first kappa shape index (κ1) is 15.2. The molecule has 0 bridgehead atoms. The van der Waals surface area contributed by atoms with Gasteiger partial charge in [0, 0.05) is 30.8 Å². The Bertz CT molecular complexity index is 617. The monoisotopic (exact) mass is 292 g/mol. The van der Waals surface area contributed by atoms with Crippen LogP contribution in [0.15, 0.2) is 24.3 Å². The molecule has 2 aromatic rings. The number of benzene rings is 1. The van der Waals surface area contributed by atoms with Crippen molar-refractivity contribution >= 4 is 17.3 Å². The summed E-state index contributed by atoms with van der Waals surface area (Å²) in [5.74, 6) is 0.179. The Balaban J connectivity index is 2.23. The zero-order valence-corrected chi connectivity index (χ0v) is 12.1. The van der Waals surface area contributed by atoms with Crippen molar-refractivity contribution in [1.82, 2.24) is 9.97 Å². The number of hydrogen-bond donors (Lipinski definition) is 2. The Morgan fingerprint density at radius 1 is 1.00 bits per heavy atom. The summed E-state index contributed by atoms with van der Waals surface area (Å²) in [7, 11) is 0. The highest BCUT2D eigenvalue weighted by Crippen LogP contribution is 2.19. The van der Waals surface area contributed by atoms with Crippen LogP contribution >= 0.6 is 0 Å². The van der Waals surface area contributed by atoms with E-state index in [4.69, 9.17) is 0 Å². The second-order valence-corrected chi connectivity index (χ2v) is 4.59. The third-order valence-corrected chi connectivity index (χ3v) is 2.84. The van der Waals surface area contributed by atoms with Crippen LogP contribution in [0.25, 0.3) is 0 Å². The van der Waals surface area contributed by atoms with E-state index in [1.807, 2.05) is 6.92 Å². The smallest absolute Gasteiger partial charge is 0.160 e. The molecule has 0 amide bonds. The van der Waals surface area contributed by atoms with Gasteiger partial charge in [0.05, 0.1) is 0 Å². The average molecular weight is 292 g/mol. The van der Waals surface area contributed by atoms with Gasteiger partial charge in [-0.15, -0.1) is 0 Å². The largest absolute Gasteiger partial charge is 0.370 e. The molecule has 1 aromatic carbocycles. The third-order valence-electron chi connectivity index (χ3n) is 2.84. The Kier molecular flexibility index (Phi) is 5.03. The predicted octanol–water partition coefficient (Wildman–Crippen LogP) is 3.88. The van der Waals surface area contributed by atoms with Gasteiger partial charge in [0.2, 0.25) is 0 Å². The lowest BCUT2D eigenvalue weighted by Gasteiger charge is -2.10. The minimum Gasteiger partial charge on any atom is -0.370 e. The lowest BCUT2D eigenvalue weighted by atomic mass is 10.3. The van der Waals surface area contributed by atoms with Crippen molar-refractivity contribution in [3.63, 3.8) is 0 Å². The van der Waals surface area contributed by atoms with Crippen LogP contribution in [0.5, 0.6) is 0 Å². The molecule has 0 radical (unpaired) electrons. The molecule has 0 unspecified atom stereocenters. The first-order chi connectivity index (χ1) is 10.1. The van der Waals surface area contributed by atoms with Crippen LogP contribution in [0.1, 0.15) is 26.1 Å². The fourth-order valence-electron chi connectivity index (χ4n) is 1.78. The number of hydrogen-bond acceptors (Lipinski definition) is 4. The van der Waals surface area contributed by atoms with E-state index in [-0.39, 0.29) is 0 Å². The summed E-state index contributed by atoms with van der Waals surface area (Å²) in [6.45, 7) is 4.83. The molecule has 0 saturated heterocycles. The lowest BCUT2D eigenvalue weighted by molar-refractivity contribution is 0.509. The van der Waals surface area contributed by atoms with Crippen molar-refractivity contribution in [3.8, 4) is 0 Å². The van der Waals surface area contributed by atoms with Gasteiger partial charge < -0.3 is 10.6 Å². The van der Waals surface area contributed by atoms with Crippen molar-refractivity contribution in [1.29, 1.82) is 0 Å². The normalized spacial score (nSPS) is 10.5. The summed E-state index contributed by atoms with van der Waals surface area (Å²) in [6.07, 6.45) is 1.67. The van der Waals surface area contributed by atoms with Crippen LogP contribution in [0.4, 0.5) is 26.1 Å². The van der Waals surface area contributed by atoms with E-state index in [1.165, 1.54) is 6.07 Å². The first-order valence-electron chi connectivity index (χ1n) is 6.96. The molecule has 0 saturated carbocycles. The summed E-state index contributed by atoms with van der Waals surface area (Å²) in [5, 5.41) is 6.16. The molecular formula is C15H18F2N4. The highest BCUT2D eigenvalue weighted by atomic mass is 19.2. The second-order valence-electron chi connectivity index (χ2n) is 4.59. The van der Waals surface area contributed by atoms with E-state index >= 15 is 0 Å². The minimum atomic E-state index is -0.894. The quantitative estimate of drug-likeness (QED) is 0.848. The summed E-state index contributed by atoms with van der Waals surface area (Å²) < 4.78 is 26.1.